The molecular formula is C12H17ClFNO3S. The van der Waals surface area contributed by atoms with Crippen LogP contribution < -0.4 is 4.72 Å². The third kappa shape index (κ3) is 4.14. The van der Waals surface area contributed by atoms with Crippen LogP contribution in [-0.4, -0.2) is 26.2 Å². The zero-order chi connectivity index (χ0) is 14.6. The second-order valence-electron chi connectivity index (χ2n) is 4.37. The van der Waals surface area contributed by atoms with Crippen molar-refractivity contribution in [2.75, 3.05) is 6.61 Å². The summed E-state index contributed by atoms with van der Waals surface area (Å²) in [5, 5.41) is 9.04. The molecule has 0 aliphatic heterocycles. The van der Waals surface area contributed by atoms with E-state index in [-0.39, 0.29) is 22.4 Å². The number of hydrogen-bond acceptors (Lipinski definition) is 3. The molecule has 19 heavy (non-hydrogen) atoms. The predicted molar refractivity (Wildman–Crippen MR) is 72.1 cm³/mol. The maximum absolute atomic E-state index is 12.9. The largest absolute Gasteiger partial charge is 0.395 e. The molecule has 2 unspecified atom stereocenters. The van der Waals surface area contributed by atoms with Gasteiger partial charge in [-0.15, -0.1) is 0 Å². The van der Waals surface area contributed by atoms with E-state index in [9.17, 15) is 17.9 Å². The fourth-order valence-electron chi connectivity index (χ4n) is 1.57. The van der Waals surface area contributed by atoms with Crippen LogP contribution in [0.2, 0.25) is 5.02 Å². The molecule has 108 valence electrons. The van der Waals surface area contributed by atoms with Crippen LogP contribution in [0.1, 0.15) is 20.3 Å². The molecular weight excluding hydrogens is 293 g/mol. The third-order valence-corrected chi connectivity index (χ3v) is 4.99. The first-order valence-electron chi connectivity index (χ1n) is 5.90. The van der Waals surface area contributed by atoms with Crippen molar-refractivity contribution >= 4 is 21.6 Å². The van der Waals surface area contributed by atoms with Crippen molar-refractivity contribution in [3.63, 3.8) is 0 Å². The van der Waals surface area contributed by atoms with Gasteiger partial charge in [-0.25, -0.2) is 17.5 Å². The maximum Gasteiger partial charge on any atom is 0.242 e. The molecule has 0 fully saturated rings. The van der Waals surface area contributed by atoms with Gasteiger partial charge >= 0.3 is 0 Å². The van der Waals surface area contributed by atoms with E-state index in [1.807, 2.05) is 13.8 Å². The van der Waals surface area contributed by atoms with Crippen molar-refractivity contribution in [3.8, 4) is 0 Å². The summed E-state index contributed by atoms with van der Waals surface area (Å²) in [6.07, 6.45) is 0.713. The number of aliphatic hydroxyl groups excluding tert-OH is 1. The lowest BCUT2D eigenvalue weighted by atomic mass is 10.0. The minimum Gasteiger partial charge on any atom is -0.395 e. The predicted octanol–water partition coefficient (Wildman–Crippen LogP) is 2.16. The summed E-state index contributed by atoms with van der Waals surface area (Å²) in [5.41, 5.74) is 0. The first-order chi connectivity index (χ1) is 8.81. The average molecular weight is 310 g/mol. The topological polar surface area (TPSA) is 66.4 Å². The molecule has 2 N–H and O–H groups in total. The molecule has 7 heteroatoms. The minimum absolute atomic E-state index is 0.0287. The van der Waals surface area contributed by atoms with Crippen LogP contribution in [0.3, 0.4) is 0 Å². The van der Waals surface area contributed by atoms with Gasteiger partial charge in [-0.2, -0.15) is 0 Å². The first kappa shape index (κ1) is 16.4. The van der Waals surface area contributed by atoms with E-state index < -0.39 is 21.9 Å². The highest BCUT2D eigenvalue weighted by Gasteiger charge is 2.25. The summed E-state index contributed by atoms with van der Waals surface area (Å²) in [4.78, 5) is -0.197. The van der Waals surface area contributed by atoms with Gasteiger partial charge in [-0.1, -0.05) is 31.9 Å². The molecule has 1 rings (SSSR count). The maximum atomic E-state index is 12.9. The fourth-order valence-corrected chi connectivity index (χ4v) is 3.44. The van der Waals surface area contributed by atoms with Gasteiger partial charge in [0.2, 0.25) is 10.0 Å². The fraction of sp³-hybridized carbons (Fsp3) is 0.500. The molecule has 0 bridgehead atoms. The Morgan fingerprint density at radius 1 is 1.47 bits per heavy atom. The molecule has 0 heterocycles. The molecule has 0 amide bonds. The van der Waals surface area contributed by atoms with Crippen molar-refractivity contribution in [2.45, 2.75) is 31.2 Å². The Bertz CT molecular complexity index is 536. The Morgan fingerprint density at radius 2 is 2.11 bits per heavy atom. The Balaban J connectivity index is 3.04. The van der Waals surface area contributed by atoms with E-state index in [4.69, 9.17) is 11.6 Å². The summed E-state index contributed by atoms with van der Waals surface area (Å²) in [6.45, 7) is 3.41. The number of benzene rings is 1. The molecule has 0 saturated carbocycles. The molecule has 1 aromatic carbocycles. The van der Waals surface area contributed by atoms with Crippen LogP contribution in [0.15, 0.2) is 23.1 Å². The van der Waals surface area contributed by atoms with Crippen molar-refractivity contribution in [3.05, 3.63) is 29.0 Å². The van der Waals surface area contributed by atoms with Crippen molar-refractivity contribution in [1.29, 1.82) is 0 Å². The van der Waals surface area contributed by atoms with Gasteiger partial charge in [0.15, 0.2) is 0 Å². The summed E-state index contributed by atoms with van der Waals surface area (Å²) in [7, 11) is -3.88. The normalized spacial score (nSPS) is 15.2. The monoisotopic (exact) mass is 309 g/mol. The Labute approximate surface area is 117 Å². The summed E-state index contributed by atoms with van der Waals surface area (Å²) in [5.74, 6) is -0.636. The number of aliphatic hydroxyl groups is 1. The van der Waals surface area contributed by atoms with E-state index in [1.54, 1.807) is 0 Å². The molecule has 0 aliphatic rings. The third-order valence-electron chi connectivity index (χ3n) is 3.02. The molecule has 2 atom stereocenters. The van der Waals surface area contributed by atoms with E-state index in [0.29, 0.717) is 6.42 Å². The second kappa shape index (κ2) is 6.65. The van der Waals surface area contributed by atoms with Crippen LogP contribution >= 0.6 is 11.6 Å². The van der Waals surface area contributed by atoms with Gasteiger partial charge in [-0.3, -0.25) is 0 Å². The second-order valence-corrected chi connectivity index (χ2v) is 6.46. The quantitative estimate of drug-likeness (QED) is 0.846. The van der Waals surface area contributed by atoms with Crippen molar-refractivity contribution < 1.29 is 17.9 Å². The van der Waals surface area contributed by atoms with Crippen molar-refractivity contribution in [1.82, 2.24) is 4.72 Å². The number of rotatable bonds is 6. The number of nitrogens with one attached hydrogen (secondary N) is 1. The van der Waals surface area contributed by atoms with Gasteiger partial charge in [0.05, 0.1) is 11.6 Å². The SMILES string of the molecule is CCC(C)C(CO)NS(=O)(=O)c1ccc(F)cc1Cl. The lowest BCUT2D eigenvalue weighted by molar-refractivity contribution is 0.219. The van der Waals surface area contributed by atoms with Gasteiger partial charge in [0, 0.05) is 6.04 Å². The van der Waals surface area contributed by atoms with E-state index in [0.717, 1.165) is 18.2 Å². The summed E-state index contributed by atoms with van der Waals surface area (Å²) >= 11 is 5.73. The lowest BCUT2D eigenvalue weighted by Gasteiger charge is -2.22. The van der Waals surface area contributed by atoms with Crippen LogP contribution in [0, 0.1) is 11.7 Å². The smallest absolute Gasteiger partial charge is 0.242 e. The van der Waals surface area contributed by atoms with E-state index >= 15 is 0 Å². The van der Waals surface area contributed by atoms with E-state index in [1.165, 1.54) is 0 Å². The van der Waals surface area contributed by atoms with Crippen LogP contribution in [0.5, 0.6) is 0 Å². The highest BCUT2D eigenvalue weighted by molar-refractivity contribution is 7.89. The van der Waals surface area contributed by atoms with Crippen LogP contribution in [-0.2, 0) is 10.0 Å². The first-order valence-corrected chi connectivity index (χ1v) is 7.76. The lowest BCUT2D eigenvalue weighted by Crippen LogP contribution is -2.41. The highest BCUT2D eigenvalue weighted by Crippen LogP contribution is 2.23. The van der Waals surface area contributed by atoms with Crippen LogP contribution in [0.4, 0.5) is 4.39 Å². The molecule has 0 aliphatic carbocycles. The molecule has 0 spiro atoms. The minimum atomic E-state index is -3.88. The Morgan fingerprint density at radius 3 is 2.58 bits per heavy atom. The Hall–Kier alpha value is -0.690. The highest BCUT2D eigenvalue weighted by atomic mass is 35.5. The molecule has 4 nitrogen and oxygen atoms in total. The Kier molecular flexibility index (Phi) is 5.73. The standard InChI is InChI=1S/C12H17ClFNO3S/c1-3-8(2)11(7-16)15-19(17,18)12-5-4-9(14)6-10(12)13/h4-6,8,11,15-16H,3,7H2,1-2H3. The number of sulfonamides is 1. The molecule has 0 aromatic heterocycles. The van der Waals surface area contributed by atoms with Gasteiger partial charge < -0.3 is 5.11 Å². The van der Waals surface area contributed by atoms with Crippen molar-refractivity contribution in [2.24, 2.45) is 5.92 Å². The van der Waals surface area contributed by atoms with Gasteiger partial charge in [-0.05, 0) is 24.1 Å². The van der Waals surface area contributed by atoms with Gasteiger partial charge in [0.25, 0.3) is 0 Å². The van der Waals surface area contributed by atoms with Gasteiger partial charge in [0.1, 0.15) is 10.7 Å². The number of hydrogen-bond donors (Lipinski definition) is 2. The summed E-state index contributed by atoms with van der Waals surface area (Å²) < 4.78 is 39.5. The molecule has 1 aromatic rings. The average Bonchev–Trinajstić information content (AvgIpc) is 2.34. The number of halogens is 2. The zero-order valence-corrected chi connectivity index (χ0v) is 12.3. The van der Waals surface area contributed by atoms with E-state index in [2.05, 4.69) is 4.72 Å². The molecule has 0 radical (unpaired) electrons. The molecule has 0 saturated heterocycles. The van der Waals surface area contributed by atoms with Crippen LogP contribution in [0.25, 0.3) is 0 Å². The summed E-state index contributed by atoms with van der Waals surface area (Å²) in [6, 6.07) is 2.46. The zero-order valence-electron chi connectivity index (χ0n) is 10.7.